The SMILES string of the molecule is C=Cc1nc(I)c(COCOC)cc1F. The molecule has 0 bridgehead atoms. The van der Waals surface area contributed by atoms with Crippen LogP contribution in [0, 0.1) is 9.52 Å². The maximum atomic E-state index is 13.3. The van der Waals surface area contributed by atoms with Crippen LogP contribution in [-0.2, 0) is 16.1 Å². The van der Waals surface area contributed by atoms with Gasteiger partial charge in [-0.3, -0.25) is 0 Å². The first-order valence-electron chi connectivity index (χ1n) is 4.23. The Morgan fingerprint density at radius 2 is 2.40 bits per heavy atom. The first-order chi connectivity index (χ1) is 7.19. The van der Waals surface area contributed by atoms with Crippen molar-refractivity contribution in [3.8, 4) is 0 Å². The minimum Gasteiger partial charge on any atom is -0.359 e. The molecule has 0 amide bonds. The lowest BCUT2D eigenvalue weighted by Crippen LogP contribution is -2.02. The molecule has 0 saturated carbocycles. The molecule has 15 heavy (non-hydrogen) atoms. The van der Waals surface area contributed by atoms with E-state index in [9.17, 15) is 4.39 Å². The van der Waals surface area contributed by atoms with Gasteiger partial charge in [0.1, 0.15) is 16.3 Å². The van der Waals surface area contributed by atoms with Crippen molar-refractivity contribution < 1.29 is 13.9 Å². The molecule has 0 atom stereocenters. The number of halogens is 2. The van der Waals surface area contributed by atoms with Crippen LogP contribution in [0.5, 0.6) is 0 Å². The van der Waals surface area contributed by atoms with Gasteiger partial charge in [0.2, 0.25) is 0 Å². The lowest BCUT2D eigenvalue weighted by molar-refractivity contribution is -0.0394. The molecule has 0 N–H and O–H groups in total. The molecule has 3 nitrogen and oxygen atoms in total. The molecule has 1 heterocycles. The van der Waals surface area contributed by atoms with E-state index in [2.05, 4.69) is 11.6 Å². The molecular weight excluding hydrogens is 312 g/mol. The summed E-state index contributed by atoms with van der Waals surface area (Å²) in [6.07, 6.45) is 1.39. The maximum absolute atomic E-state index is 13.3. The third-order valence-electron chi connectivity index (χ3n) is 1.68. The largest absolute Gasteiger partial charge is 0.359 e. The zero-order chi connectivity index (χ0) is 11.3. The van der Waals surface area contributed by atoms with Gasteiger partial charge in [0.05, 0.1) is 12.3 Å². The predicted molar refractivity (Wildman–Crippen MR) is 63.7 cm³/mol. The third-order valence-corrected chi connectivity index (χ3v) is 2.62. The molecule has 1 aromatic rings. The van der Waals surface area contributed by atoms with Crippen LogP contribution < -0.4 is 0 Å². The number of pyridine rings is 1. The van der Waals surface area contributed by atoms with Crippen molar-refractivity contribution >= 4 is 28.7 Å². The van der Waals surface area contributed by atoms with Crippen LogP contribution in [0.2, 0.25) is 0 Å². The van der Waals surface area contributed by atoms with Gasteiger partial charge >= 0.3 is 0 Å². The summed E-state index contributed by atoms with van der Waals surface area (Å²) < 4.78 is 23.9. The Morgan fingerprint density at radius 3 is 3.00 bits per heavy atom. The van der Waals surface area contributed by atoms with E-state index in [4.69, 9.17) is 9.47 Å². The van der Waals surface area contributed by atoms with Gasteiger partial charge in [-0.05, 0) is 34.7 Å². The Kier molecular flexibility index (Phi) is 5.13. The Morgan fingerprint density at radius 1 is 1.67 bits per heavy atom. The summed E-state index contributed by atoms with van der Waals surface area (Å²) in [4.78, 5) is 4.04. The highest BCUT2D eigenvalue weighted by atomic mass is 127. The Labute approximate surface area is 101 Å². The van der Waals surface area contributed by atoms with E-state index in [1.54, 1.807) is 0 Å². The molecule has 0 aromatic carbocycles. The minimum atomic E-state index is -0.388. The molecule has 0 aliphatic heterocycles. The molecule has 82 valence electrons. The van der Waals surface area contributed by atoms with Gasteiger partial charge in [-0.25, -0.2) is 9.37 Å². The summed E-state index contributed by atoms with van der Waals surface area (Å²) in [5.41, 5.74) is 0.964. The average Bonchev–Trinajstić information content (AvgIpc) is 2.23. The van der Waals surface area contributed by atoms with E-state index in [-0.39, 0.29) is 24.9 Å². The maximum Gasteiger partial charge on any atom is 0.149 e. The summed E-state index contributed by atoms with van der Waals surface area (Å²) in [5.74, 6) is -0.388. The van der Waals surface area contributed by atoms with Gasteiger partial charge in [0.25, 0.3) is 0 Å². The van der Waals surface area contributed by atoms with Gasteiger partial charge in [0.15, 0.2) is 0 Å². The fourth-order valence-electron chi connectivity index (χ4n) is 0.997. The van der Waals surface area contributed by atoms with Crippen LogP contribution in [0.1, 0.15) is 11.3 Å². The van der Waals surface area contributed by atoms with Gasteiger partial charge in [-0.1, -0.05) is 6.58 Å². The Balaban J connectivity index is 2.80. The molecule has 0 saturated heterocycles. The highest BCUT2D eigenvalue weighted by Gasteiger charge is 2.07. The lowest BCUT2D eigenvalue weighted by Gasteiger charge is -2.06. The van der Waals surface area contributed by atoms with Crippen LogP contribution in [-0.4, -0.2) is 18.9 Å². The van der Waals surface area contributed by atoms with Crippen molar-refractivity contribution in [3.63, 3.8) is 0 Å². The van der Waals surface area contributed by atoms with Crippen molar-refractivity contribution in [1.29, 1.82) is 0 Å². The van der Waals surface area contributed by atoms with E-state index < -0.39 is 0 Å². The molecule has 0 unspecified atom stereocenters. The normalized spacial score (nSPS) is 10.3. The highest BCUT2D eigenvalue weighted by Crippen LogP contribution is 2.16. The van der Waals surface area contributed by atoms with Crippen molar-refractivity contribution in [2.24, 2.45) is 0 Å². The van der Waals surface area contributed by atoms with Crippen molar-refractivity contribution in [2.75, 3.05) is 13.9 Å². The summed E-state index contributed by atoms with van der Waals surface area (Å²) in [6, 6.07) is 1.40. The van der Waals surface area contributed by atoms with Gasteiger partial charge in [-0.15, -0.1) is 0 Å². The fourth-order valence-corrected chi connectivity index (χ4v) is 1.57. The van der Waals surface area contributed by atoms with E-state index in [1.165, 1.54) is 19.3 Å². The summed E-state index contributed by atoms with van der Waals surface area (Å²) in [7, 11) is 1.53. The molecule has 0 aliphatic carbocycles. The molecule has 1 rings (SSSR count). The smallest absolute Gasteiger partial charge is 0.149 e. The second-order valence-corrected chi connectivity index (χ2v) is 3.79. The molecule has 5 heteroatoms. The average molecular weight is 323 g/mol. The number of methoxy groups -OCH3 is 1. The van der Waals surface area contributed by atoms with E-state index in [0.29, 0.717) is 9.26 Å². The topological polar surface area (TPSA) is 31.4 Å². The second kappa shape index (κ2) is 6.14. The Bertz CT molecular complexity index is 358. The number of hydrogen-bond donors (Lipinski definition) is 0. The van der Waals surface area contributed by atoms with Crippen LogP contribution in [0.3, 0.4) is 0 Å². The van der Waals surface area contributed by atoms with Crippen molar-refractivity contribution in [2.45, 2.75) is 6.61 Å². The lowest BCUT2D eigenvalue weighted by atomic mass is 10.2. The van der Waals surface area contributed by atoms with Crippen LogP contribution in [0.4, 0.5) is 4.39 Å². The number of hydrogen-bond acceptors (Lipinski definition) is 3. The van der Waals surface area contributed by atoms with Crippen LogP contribution >= 0.6 is 22.6 Å². The van der Waals surface area contributed by atoms with Crippen molar-refractivity contribution in [1.82, 2.24) is 4.98 Å². The van der Waals surface area contributed by atoms with Gasteiger partial charge in [-0.2, -0.15) is 0 Å². The monoisotopic (exact) mass is 323 g/mol. The molecule has 0 spiro atoms. The quantitative estimate of drug-likeness (QED) is 0.361. The molecule has 0 fully saturated rings. The van der Waals surface area contributed by atoms with Crippen LogP contribution in [0.25, 0.3) is 6.08 Å². The predicted octanol–water partition coefficient (Wildman–Crippen LogP) is 2.59. The van der Waals surface area contributed by atoms with E-state index in [1.807, 2.05) is 22.6 Å². The zero-order valence-corrected chi connectivity index (χ0v) is 10.5. The third kappa shape index (κ3) is 3.51. The first-order valence-corrected chi connectivity index (χ1v) is 5.31. The second-order valence-electron chi connectivity index (χ2n) is 2.76. The molecule has 0 radical (unpaired) electrons. The molecule has 0 aliphatic rings. The summed E-state index contributed by atoms with van der Waals surface area (Å²) in [6.45, 7) is 3.95. The highest BCUT2D eigenvalue weighted by molar-refractivity contribution is 14.1. The summed E-state index contributed by atoms with van der Waals surface area (Å²) >= 11 is 2.03. The number of ether oxygens (including phenoxy) is 2. The summed E-state index contributed by atoms with van der Waals surface area (Å²) in [5, 5.41) is 0. The first kappa shape index (κ1) is 12.5. The van der Waals surface area contributed by atoms with Crippen molar-refractivity contribution in [3.05, 3.63) is 33.4 Å². The van der Waals surface area contributed by atoms with Gasteiger partial charge < -0.3 is 9.47 Å². The zero-order valence-electron chi connectivity index (χ0n) is 8.30. The number of nitrogens with zero attached hydrogens (tertiary/aromatic N) is 1. The standard InChI is InChI=1S/C10H11FINO2/c1-3-9-8(11)4-7(10(12)13-9)5-15-6-14-2/h3-4H,1,5-6H2,2H3. The Hall–Kier alpha value is -0.530. The number of aromatic nitrogens is 1. The van der Waals surface area contributed by atoms with E-state index in [0.717, 1.165) is 0 Å². The minimum absolute atomic E-state index is 0.181. The number of rotatable bonds is 5. The molecular formula is C10H11FINO2. The van der Waals surface area contributed by atoms with Gasteiger partial charge in [0, 0.05) is 12.7 Å². The van der Waals surface area contributed by atoms with E-state index >= 15 is 0 Å². The van der Waals surface area contributed by atoms with Crippen LogP contribution in [0.15, 0.2) is 12.6 Å². The molecule has 1 aromatic heterocycles. The fraction of sp³-hybridized carbons (Fsp3) is 0.300.